The first-order valence-corrected chi connectivity index (χ1v) is 12.6. The predicted octanol–water partition coefficient (Wildman–Crippen LogP) is 6.17. The van der Waals surface area contributed by atoms with Crippen LogP contribution in [0.3, 0.4) is 0 Å². The SMILES string of the molecule is O=C(CSCc1ccc(F)cc1)Nc1ccc(S(=O)(=O)Nc2ccc(Cl)c(C(F)(F)F)c2)cc1. The van der Waals surface area contributed by atoms with Crippen LogP contribution in [0.2, 0.25) is 5.02 Å². The van der Waals surface area contributed by atoms with Crippen molar-refractivity contribution in [1.82, 2.24) is 0 Å². The Balaban J connectivity index is 1.58. The van der Waals surface area contributed by atoms with Gasteiger partial charge in [-0.2, -0.15) is 13.2 Å². The monoisotopic (exact) mass is 532 g/mol. The third-order valence-corrected chi connectivity index (χ3v) is 7.12. The van der Waals surface area contributed by atoms with Crippen LogP contribution in [0.15, 0.2) is 71.6 Å². The normalized spacial score (nSPS) is 11.8. The fourth-order valence-corrected chi connectivity index (χ4v) is 4.84. The Kier molecular flexibility index (Phi) is 8.11. The highest BCUT2D eigenvalue weighted by Gasteiger charge is 2.33. The topological polar surface area (TPSA) is 75.3 Å². The molecule has 0 heterocycles. The molecule has 0 aliphatic carbocycles. The molecule has 0 bridgehead atoms. The molecule has 3 aromatic carbocycles. The smallest absolute Gasteiger partial charge is 0.325 e. The summed E-state index contributed by atoms with van der Waals surface area (Å²) in [5.41, 5.74) is -0.251. The average molecular weight is 533 g/mol. The van der Waals surface area contributed by atoms with Gasteiger partial charge in [0.1, 0.15) is 5.82 Å². The maximum absolute atomic E-state index is 13.0. The van der Waals surface area contributed by atoms with E-state index in [1.165, 1.54) is 48.2 Å². The molecular formula is C22H17ClF4N2O3S2. The minimum Gasteiger partial charge on any atom is -0.325 e. The molecule has 0 radical (unpaired) electrons. The average Bonchev–Trinajstić information content (AvgIpc) is 2.76. The van der Waals surface area contributed by atoms with Gasteiger partial charge in [0.25, 0.3) is 10.0 Å². The molecule has 0 saturated carbocycles. The fourth-order valence-electron chi connectivity index (χ4n) is 2.78. The van der Waals surface area contributed by atoms with E-state index in [1.54, 1.807) is 12.1 Å². The molecule has 2 N–H and O–H groups in total. The second kappa shape index (κ2) is 10.7. The van der Waals surface area contributed by atoms with E-state index in [0.717, 1.165) is 17.7 Å². The molecule has 0 aliphatic heterocycles. The summed E-state index contributed by atoms with van der Waals surface area (Å²) in [5, 5.41) is 2.07. The van der Waals surface area contributed by atoms with Gasteiger partial charge in [0.15, 0.2) is 0 Å². The number of carbonyl (C=O) groups excluding carboxylic acids is 1. The molecule has 0 aliphatic rings. The van der Waals surface area contributed by atoms with Crippen LogP contribution >= 0.6 is 23.4 Å². The number of hydrogen-bond donors (Lipinski definition) is 2. The summed E-state index contributed by atoms with van der Waals surface area (Å²) in [6.07, 6.45) is -4.74. The van der Waals surface area contributed by atoms with Crippen molar-refractivity contribution in [2.75, 3.05) is 15.8 Å². The third kappa shape index (κ3) is 7.12. The van der Waals surface area contributed by atoms with E-state index in [2.05, 4.69) is 10.0 Å². The van der Waals surface area contributed by atoms with Crippen LogP contribution in [0.5, 0.6) is 0 Å². The Bertz CT molecular complexity index is 1270. The van der Waals surface area contributed by atoms with Crippen molar-refractivity contribution >= 4 is 50.7 Å². The van der Waals surface area contributed by atoms with E-state index in [1.807, 2.05) is 0 Å². The number of carbonyl (C=O) groups is 1. The van der Waals surface area contributed by atoms with Gasteiger partial charge in [-0.3, -0.25) is 9.52 Å². The molecule has 0 spiro atoms. The van der Waals surface area contributed by atoms with Crippen molar-refractivity contribution in [3.63, 3.8) is 0 Å². The second-order valence-corrected chi connectivity index (χ2v) is 10.1. The zero-order valence-electron chi connectivity index (χ0n) is 17.2. The lowest BCUT2D eigenvalue weighted by atomic mass is 10.2. The zero-order valence-corrected chi connectivity index (χ0v) is 19.6. The number of nitrogens with one attached hydrogen (secondary N) is 2. The van der Waals surface area contributed by atoms with E-state index in [4.69, 9.17) is 11.6 Å². The molecule has 3 rings (SSSR count). The Morgan fingerprint density at radius 3 is 2.18 bits per heavy atom. The van der Waals surface area contributed by atoms with Gasteiger partial charge in [0, 0.05) is 17.1 Å². The number of anilines is 2. The Morgan fingerprint density at radius 2 is 1.56 bits per heavy atom. The van der Waals surface area contributed by atoms with Crippen LogP contribution in [0.4, 0.5) is 28.9 Å². The van der Waals surface area contributed by atoms with Crippen LogP contribution in [0.1, 0.15) is 11.1 Å². The van der Waals surface area contributed by atoms with Gasteiger partial charge >= 0.3 is 6.18 Å². The first-order valence-electron chi connectivity index (χ1n) is 9.56. The highest BCUT2D eigenvalue weighted by atomic mass is 35.5. The van der Waals surface area contributed by atoms with Crippen LogP contribution in [0.25, 0.3) is 0 Å². The number of thioether (sulfide) groups is 1. The number of halogens is 5. The highest BCUT2D eigenvalue weighted by molar-refractivity contribution is 7.99. The molecule has 0 unspecified atom stereocenters. The van der Waals surface area contributed by atoms with E-state index in [9.17, 15) is 30.8 Å². The maximum Gasteiger partial charge on any atom is 0.417 e. The summed E-state index contributed by atoms with van der Waals surface area (Å²) in [6.45, 7) is 0. The quantitative estimate of drug-likeness (QED) is 0.340. The van der Waals surface area contributed by atoms with Crippen molar-refractivity contribution in [2.24, 2.45) is 0 Å². The lowest BCUT2D eigenvalue weighted by molar-refractivity contribution is -0.137. The second-order valence-electron chi connectivity index (χ2n) is 6.99. The van der Waals surface area contributed by atoms with Gasteiger partial charge < -0.3 is 5.32 Å². The van der Waals surface area contributed by atoms with E-state index >= 15 is 0 Å². The summed E-state index contributed by atoms with van der Waals surface area (Å²) < 4.78 is 79.1. The molecule has 180 valence electrons. The third-order valence-electron chi connectivity index (χ3n) is 4.39. The number of benzene rings is 3. The molecule has 1 amide bonds. The maximum atomic E-state index is 13.0. The molecule has 5 nitrogen and oxygen atoms in total. The number of amides is 1. The molecule has 12 heteroatoms. The number of rotatable bonds is 8. The highest BCUT2D eigenvalue weighted by Crippen LogP contribution is 2.36. The fraction of sp³-hybridized carbons (Fsp3) is 0.136. The minimum atomic E-state index is -4.74. The number of alkyl halides is 3. The van der Waals surface area contributed by atoms with Gasteiger partial charge in [-0.1, -0.05) is 23.7 Å². The zero-order chi connectivity index (χ0) is 24.9. The van der Waals surface area contributed by atoms with Crippen molar-refractivity contribution in [3.05, 3.63) is 88.7 Å². The van der Waals surface area contributed by atoms with Crippen molar-refractivity contribution in [2.45, 2.75) is 16.8 Å². The van der Waals surface area contributed by atoms with Crippen LogP contribution in [-0.4, -0.2) is 20.1 Å². The van der Waals surface area contributed by atoms with Crippen molar-refractivity contribution in [3.8, 4) is 0 Å². The van der Waals surface area contributed by atoms with Gasteiger partial charge in [-0.05, 0) is 60.2 Å². The van der Waals surface area contributed by atoms with Gasteiger partial charge in [-0.15, -0.1) is 11.8 Å². The summed E-state index contributed by atoms with van der Waals surface area (Å²) >= 11 is 6.87. The van der Waals surface area contributed by atoms with Crippen LogP contribution < -0.4 is 10.0 Å². The summed E-state index contributed by atoms with van der Waals surface area (Å²) in [7, 11) is -4.19. The summed E-state index contributed by atoms with van der Waals surface area (Å²) in [6, 6.07) is 13.8. The Labute approximate surface area is 202 Å². The van der Waals surface area contributed by atoms with Gasteiger partial charge in [0.2, 0.25) is 5.91 Å². The van der Waals surface area contributed by atoms with Gasteiger partial charge in [0.05, 0.1) is 21.2 Å². The van der Waals surface area contributed by atoms with E-state index in [-0.39, 0.29) is 28.1 Å². The number of sulfonamides is 1. The van der Waals surface area contributed by atoms with E-state index in [0.29, 0.717) is 17.5 Å². The molecule has 0 fully saturated rings. The van der Waals surface area contributed by atoms with Crippen molar-refractivity contribution < 1.29 is 30.8 Å². The standard InChI is InChI=1S/C22H17ClF4N2O3S2/c23-20-10-7-17(11-19(20)22(25,26)27)29-34(31,32)18-8-5-16(6-9-18)28-21(30)13-33-12-14-1-3-15(24)4-2-14/h1-11,29H,12-13H2,(H,28,30). The Morgan fingerprint density at radius 1 is 0.941 bits per heavy atom. The molecule has 3 aromatic rings. The van der Waals surface area contributed by atoms with Gasteiger partial charge in [-0.25, -0.2) is 12.8 Å². The summed E-state index contributed by atoms with van der Waals surface area (Å²) in [5.74, 6) is -0.0259. The lowest BCUT2D eigenvalue weighted by Gasteiger charge is -2.13. The first-order chi connectivity index (χ1) is 15.9. The number of hydrogen-bond acceptors (Lipinski definition) is 4. The molecular weight excluding hydrogens is 516 g/mol. The van der Waals surface area contributed by atoms with E-state index < -0.39 is 26.8 Å². The van der Waals surface area contributed by atoms with Crippen LogP contribution in [0, 0.1) is 5.82 Å². The summed E-state index contributed by atoms with van der Waals surface area (Å²) in [4.78, 5) is 11.9. The lowest BCUT2D eigenvalue weighted by Crippen LogP contribution is -2.16. The van der Waals surface area contributed by atoms with Crippen LogP contribution in [-0.2, 0) is 26.7 Å². The first kappa shape index (κ1) is 25.9. The Hall–Kier alpha value is -2.76. The largest absolute Gasteiger partial charge is 0.417 e. The minimum absolute atomic E-state index is 0.122. The molecule has 0 atom stereocenters. The van der Waals surface area contributed by atoms with Crippen molar-refractivity contribution in [1.29, 1.82) is 0 Å². The molecule has 0 saturated heterocycles. The predicted molar refractivity (Wildman–Crippen MR) is 125 cm³/mol. The molecule has 0 aromatic heterocycles. The molecule has 34 heavy (non-hydrogen) atoms.